The van der Waals surface area contributed by atoms with Crippen LogP contribution in [0.15, 0.2) is 0 Å². The maximum absolute atomic E-state index is 12.2. The minimum Gasteiger partial charge on any atom is -0.436 e. The van der Waals surface area contributed by atoms with Crippen molar-refractivity contribution < 1.29 is 19.4 Å². The van der Waals surface area contributed by atoms with Gasteiger partial charge in [-0.25, -0.2) is 0 Å². The van der Waals surface area contributed by atoms with Crippen LogP contribution in [0.3, 0.4) is 0 Å². The molecule has 4 rings (SSSR count). The van der Waals surface area contributed by atoms with E-state index in [0.29, 0.717) is 23.2 Å². The maximum Gasteiger partial charge on any atom is 0.308 e. The highest BCUT2D eigenvalue weighted by molar-refractivity contribution is 5.69. The van der Waals surface area contributed by atoms with Crippen LogP contribution in [-0.4, -0.2) is 30.6 Å². The summed E-state index contributed by atoms with van der Waals surface area (Å²) in [6.45, 7) is 9.34. The molecular formula is C28H48O4. The number of aliphatic hydroxyl groups excluding tert-OH is 1. The van der Waals surface area contributed by atoms with E-state index in [1.165, 1.54) is 51.4 Å². The first-order valence-corrected chi connectivity index (χ1v) is 13.6. The summed E-state index contributed by atoms with van der Waals surface area (Å²) in [4.78, 5) is 12.2. The number of esters is 1. The highest BCUT2D eigenvalue weighted by Gasteiger charge is 2.60. The molecule has 0 aromatic heterocycles. The van der Waals surface area contributed by atoms with E-state index in [1.807, 2.05) is 0 Å². The van der Waals surface area contributed by atoms with Gasteiger partial charge in [0.05, 0.1) is 6.10 Å². The van der Waals surface area contributed by atoms with Gasteiger partial charge in [0.1, 0.15) is 0 Å². The Morgan fingerprint density at radius 2 is 1.62 bits per heavy atom. The van der Waals surface area contributed by atoms with Crippen LogP contribution in [0, 0.1) is 46.3 Å². The van der Waals surface area contributed by atoms with Gasteiger partial charge < -0.3 is 14.6 Å². The van der Waals surface area contributed by atoms with Crippen LogP contribution in [0.2, 0.25) is 0 Å². The Morgan fingerprint density at radius 1 is 0.938 bits per heavy atom. The molecule has 4 aliphatic carbocycles. The van der Waals surface area contributed by atoms with Crippen molar-refractivity contribution in [2.75, 3.05) is 7.11 Å². The number of methoxy groups -OCH3 is 1. The Labute approximate surface area is 196 Å². The van der Waals surface area contributed by atoms with Crippen molar-refractivity contribution in [2.24, 2.45) is 46.3 Å². The molecule has 1 N–H and O–H groups in total. The summed E-state index contributed by atoms with van der Waals surface area (Å²) in [7, 11) is 1.57. The van der Waals surface area contributed by atoms with Gasteiger partial charge in [-0.2, -0.15) is 0 Å². The second kappa shape index (κ2) is 9.56. The van der Waals surface area contributed by atoms with E-state index in [4.69, 9.17) is 9.47 Å². The van der Waals surface area contributed by atoms with Gasteiger partial charge in [-0.1, -0.05) is 20.8 Å². The van der Waals surface area contributed by atoms with Gasteiger partial charge in [0, 0.05) is 13.5 Å². The topological polar surface area (TPSA) is 55.8 Å². The van der Waals surface area contributed by atoms with Crippen LogP contribution in [0.1, 0.15) is 105 Å². The summed E-state index contributed by atoms with van der Waals surface area (Å²) in [5.74, 6) is 4.55. The van der Waals surface area contributed by atoms with E-state index < -0.39 is 6.29 Å². The van der Waals surface area contributed by atoms with Gasteiger partial charge in [0.25, 0.3) is 0 Å². The Balaban J connectivity index is 1.42. The van der Waals surface area contributed by atoms with Crippen LogP contribution >= 0.6 is 0 Å². The van der Waals surface area contributed by atoms with E-state index in [0.717, 1.165) is 48.9 Å². The highest BCUT2D eigenvalue weighted by atomic mass is 16.7. The molecule has 0 heterocycles. The predicted molar refractivity (Wildman–Crippen MR) is 127 cm³/mol. The molecule has 4 fully saturated rings. The normalized spacial score (nSPS) is 45.7. The fraction of sp³-hybridized carbons (Fsp3) is 0.964. The van der Waals surface area contributed by atoms with Crippen molar-refractivity contribution in [2.45, 2.75) is 117 Å². The second-order valence-electron chi connectivity index (χ2n) is 12.5. The standard InChI is InChI=1S/C28H48O4/c1-18(6-13-26(30)32-19(2)31-5)23-11-12-24-22-10-8-20-7-9-21(29)14-16-27(20,3)25(22)15-17-28(23,24)4/h18-25,29H,6-17H2,1-5H3. The average molecular weight is 449 g/mol. The summed E-state index contributed by atoms with van der Waals surface area (Å²) in [6, 6.07) is 0. The molecule has 4 nitrogen and oxygen atoms in total. The summed E-state index contributed by atoms with van der Waals surface area (Å²) in [5, 5.41) is 10.3. The lowest BCUT2D eigenvalue weighted by molar-refractivity contribution is -0.170. The number of carbonyl (C=O) groups is 1. The number of fused-ring (bicyclic) bond motifs is 5. The van der Waals surface area contributed by atoms with Crippen molar-refractivity contribution in [1.29, 1.82) is 0 Å². The molecule has 4 aliphatic rings. The molecule has 4 heteroatoms. The molecule has 0 amide bonds. The Bertz CT molecular complexity index is 664. The summed E-state index contributed by atoms with van der Waals surface area (Å²) in [6.07, 6.45) is 13.6. The lowest BCUT2D eigenvalue weighted by atomic mass is 9.46. The quantitative estimate of drug-likeness (QED) is 0.380. The minimum absolute atomic E-state index is 0.0694. The Hall–Kier alpha value is -0.610. The van der Waals surface area contributed by atoms with Crippen molar-refractivity contribution in [3.63, 3.8) is 0 Å². The van der Waals surface area contributed by atoms with Crippen LogP contribution in [0.25, 0.3) is 0 Å². The Morgan fingerprint density at radius 3 is 2.38 bits per heavy atom. The molecule has 0 bridgehead atoms. The lowest BCUT2D eigenvalue weighted by Crippen LogP contribution is -2.52. The fourth-order valence-corrected chi connectivity index (χ4v) is 9.23. The van der Waals surface area contributed by atoms with Crippen molar-refractivity contribution in [3.05, 3.63) is 0 Å². The number of rotatable bonds is 6. The predicted octanol–water partition coefficient (Wildman–Crippen LogP) is 6.35. The zero-order valence-electron chi connectivity index (χ0n) is 21.3. The third kappa shape index (κ3) is 4.40. The van der Waals surface area contributed by atoms with Gasteiger partial charge in [-0.15, -0.1) is 0 Å². The zero-order valence-corrected chi connectivity index (χ0v) is 21.3. The molecule has 0 aromatic carbocycles. The van der Waals surface area contributed by atoms with E-state index >= 15 is 0 Å². The second-order valence-corrected chi connectivity index (χ2v) is 12.5. The molecule has 0 spiro atoms. The summed E-state index contributed by atoms with van der Waals surface area (Å²) >= 11 is 0. The first-order chi connectivity index (χ1) is 15.2. The monoisotopic (exact) mass is 448 g/mol. The Kier molecular flexibility index (Phi) is 7.33. The number of carbonyl (C=O) groups excluding carboxylic acids is 1. The fourth-order valence-electron chi connectivity index (χ4n) is 9.23. The first kappa shape index (κ1) is 24.5. The molecule has 10 unspecified atom stereocenters. The van der Waals surface area contributed by atoms with Crippen molar-refractivity contribution in [1.82, 2.24) is 0 Å². The molecule has 0 radical (unpaired) electrons. The van der Waals surface area contributed by atoms with Gasteiger partial charge in [-0.3, -0.25) is 4.79 Å². The molecule has 32 heavy (non-hydrogen) atoms. The SMILES string of the molecule is COC(C)OC(=O)CCC(C)C1CCC2C3CCC4CCC(O)CCC4(C)C3CCC12C. The van der Waals surface area contributed by atoms with Crippen molar-refractivity contribution in [3.8, 4) is 0 Å². The average Bonchev–Trinajstić information content (AvgIpc) is 3.04. The number of ether oxygens (including phenoxy) is 2. The van der Waals surface area contributed by atoms with Gasteiger partial charge in [-0.05, 0) is 124 Å². The summed E-state index contributed by atoms with van der Waals surface area (Å²) < 4.78 is 10.4. The largest absolute Gasteiger partial charge is 0.436 e. The molecule has 0 aromatic rings. The van der Waals surface area contributed by atoms with E-state index in [9.17, 15) is 9.90 Å². The third-order valence-corrected chi connectivity index (χ3v) is 11.1. The van der Waals surface area contributed by atoms with E-state index in [1.54, 1.807) is 14.0 Å². The molecular weight excluding hydrogens is 400 g/mol. The molecule has 0 aliphatic heterocycles. The van der Waals surface area contributed by atoms with Gasteiger partial charge in [0.15, 0.2) is 6.29 Å². The van der Waals surface area contributed by atoms with Crippen LogP contribution in [0.4, 0.5) is 0 Å². The molecule has 4 saturated carbocycles. The zero-order chi connectivity index (χ0) is 23.1. The smallest absolute Gasteiger partial charge is 0.308 e. The van der Waals surface area contributed by atoms with Crippen LogP contribution in [0.5, 0.6) is 0 Å². The highest BCUT2D eigenvalue weighted by Crippen LogP contribution is 2.68. The lowest BCUT2D eigenvalue weighted by Gasteiger charge is -2.59. The number of hydrogen-bond donors (Lipinski definition) is 1. The van der Waals surface area contributed by atoms with E-state index in [-0.39, 0.29) is 12.1 Å². The molecule has 10 atom stereocenters. The minimum atomic E-state index is -0.456. The van der Waals surface area contributed by atoms with Crippen LogP contribution < -0.4 is 0 Å². The summed E-state index contributed by atoms with van der Waals surface area (Å²) in [5.41, 5.74) is 0.866. The molecule has 0 saturated heterocycles. The number of hydrogen-bond acceptors (Lipinski definition) is 4. The molecule has 184 valence electrons. The van der Waals surface area contributed by atoms with Crippen LogP contribution in [-0.2, 0) is 14.3 Å². The van der Waals surface area contributed by atoms with E-state index in [2.05, 4.69) is 20.8 Å². The first-order valence-electron chi connectivity index (χ1n) is 13.6. The maximum atomic E-state index is 12.2. The number of aliphatic hydroxyl groups is 1. The van der Waals surface area contributed by atoms with Gasteiger partial charge >= 0.3 is 5.97 Å². The van der Waals surface area contributed by atoms with Crippen molar-refractivity contribution >= 4 is 5.97 Å². The third-order valence-electron chi connectivity index (χ3n) is 11.1. The van der Waals surface area contributed by atoms with Gasteiger partial charge in [0.2, 0.25) is 0 Å².